The van der Waals surface area contributed by atoms with Crippen molar-refractivity contribution < 1.29 is 33.1 Å². The van der Waals surface area contributed by atoms with Crippen molar-refractivity contribution in [2.24, 2.45) is 0 Å². The first-order valence-corrected chi connectivity index (χ1v) is 5.98. The summed E-state index contributed by atoms with van der Waals surface area (Å²) in [5, 5.41) is 8.67. The van der Waals surface area contributed by atoms with E-state index < -0.39 is 19.9 Å². The van der Waals surface area contributed by atoms with Crippen LogP contribution in [-0.4, -0.2) is 64.0 Å². The number of ether oxygens (including phenoxy) is 2. The molecule has 0 aliphatic rings. The van der Waals surface area contributed by atoms with Gasteiger partial charge in [0.05, 0.1) is 19.8 Å². The Bertz CT molecular complexity index is 227. The molecule has 0 aliphatic carbocycles. The highest BCUT2D eigenvalue weighted by Crippen LogP contribution is 2.41. The van der Waals surface area contributed by atoms with Crippen molar-refractivity contribution in [1.29, 1.82) is 0 Å². The molecule has 0 rings (SSSR count). The number of methoxy groups -OCH3 is 1. The average Bonchev–Trinajstić information content (AvgIpc) is 2.26. The molecule has 3 atom stereocenters. The highest BCUT2D eigenvalue weighted by atomic mass is 31.2. The van der Waals surface area contributed by atoms with E-state index in [1.807, 2.05) is 0 Å². The predicted molar refractivity (Wildman–Crippen MR) is 56.2 cm³/mol. The van der Waals surface area contributed by atoms with E-state index in [9.17, 15) is 4.57 Å². The van der Waals surface area contributed by atoms with Crippen LogP contribution in [-0.2, 0) is 23.1 Å². The minimum atomic E-state index is -4.04. The Hall–Kier alpha value is 0.0549. The Morgan fingerprint density at radius 1 is 1.38 bits per heavy atom. The minimum Gasteiger partial charge on any atom is -0.395 e. The molecule has 16 heavy (non-hydrogen) atoms. The first kappa shape index (κ1) is 16.1. The van der Waals surface area contributed by atoms with Gasteiger partial charge in [-0.05, 0) is 0 Å². The minimum absolute atomic E-state index is 0.109. The van der Waals surface area contributed by atoms with E-state index in [4.69, 9.17) is 27.3 Å². The van der Waals surface area contributed by atoms with Crippen molar-refractivity contribution >= 4 is 15.7 Å². The predicted octanol–water partition coefficient (Wildman–Crippen LogP) is -0.732. The smallest absolute Gasteiger partial charge is 0.395 e. The van der Waals surface area contributed by atoms with Gasteiger partial charge in [-0.3, -0.25) is 9.05 Å². The molecule has 0 spiro atoms. The molecule has 9 heteroatoms. The molecule has 2 radical (unpaired) electrons. The second-order valence-electron chi connectivity index (χ2n) is 2.88. The van der Waals surface area contributed by atoms with Gasteiger partial charge in [-0.1, -0.05) is 0 Å². The molecule has 7 nitrogen and oxygen atoms in total. The van der Waals surface area contributed by atoms with Crippen LogP contribution in [0.3, 0.4) is 0 Å². The van der Waals surface area contributed by atoms with Crippen molar-refractivity contribution in [3.8, 4) is 0 Å². The molecule has 0 heterocycles. The van der Waals surface area contributed by atoms with Crippen LogP contribution in [0, 0.1) is 0 Å². The van der Waals surface area contributed by atoms with Crippen LogP contribution in [0.2, 0.25) is 0 Å². The number of phosphoric acid groups is 1. The molecule has 0 fully saturated rings. The number of aliphatic hydroxyl groups is 1. The maximum Gasteiger partial charge on any atom is 0.472 e. The summed E-state index contributed by atoms with van der Waals surface area (Å²) in [4.78, 5) is 8.97. The van der Waals surface area contributed by atoms with Crippen LogP contribution in [0.5, 0.6) is 0 Å². The van der Waals surface area contributed by atoms with Gasteiger partial charge in [0.1, 0.15) is 14.0 Å². The quantitative estimate of drug-likeness (QED) is 0.413. The number of phosphoric ester groups is 1. The van der Waals surface area contributed by atoms with Gasteiger partial charge in [0.2, 0.25) is 0 Å². The third-order valence-electron chi connectivity index (χ3n) is 1.55. The van der Waals surface area contributed by atoms with Gasteiger partial charge >= 0.3 is 7.82 Å². The molecule has 2 N–H and O–H groups in total. The zero-order valence-corrected chi connectivity index (χ0v) is 10.1. The first-order valence-electron chi connectivity index (χ1n) is 4.49. The Morgan fingerprint density at radius 2 is 2.00 bits per heavy atom. The fraction of sp³-hybridized carbons (Fsp3) is 1.00. The monoisotopic (exact) mass is 254 g/mol. The van der Waals surface area contributed by atoms with Crippen LogP contribution in [0.4, 0.5) is 0 Å². The van der Waals surface area contributed by atoms with Gasteiger partial charge in [-0.25, -0.2) is 4.57 Å². The fourth-order valence-corrected chi connectivity index (χ4v) is 1.29. The second kappa shape index (κ2) is 8.19. The van der Waals surface area contributed by atoms with E-state index in [1.54, 1.807) is 0 Å². The van der Waals surface area contributed by atoms with Crippen LogP contribution in [0.1, 0.15) is 0 Å². The highest BCUT2D eigenvalue weighted by molar-refractivity contribution is 7.47. The highest BCUT2D eigenvalue weighted by Gasteiger charge is 2.22. The van der Waals surface area contributed by atoms with Gasteiger partial charge < -0.3 is 19.5 Å². The van der Waals surface area contributed by atoms with Crippen LogP contribution < -0.4 is 0 Å². The van der Waals surface area contributed by atoms with Crippen LogP contribution in [0.15, 0.2) is 0 Å². The van der Waals surface area contributed by atoms with E-state index in [2.05, 4.69) is 9.05 Å². The Morgan fingerprint density at radius 3 is 2.44 bits per heavy atom. The summed E-state index contributed by atoms with van der Waals surface area (Å²) < 4.78 is 29.6. The standard InChI is InChI=1S/C7H16BO7P/c1-12-4-6(15-7(8)3-9)5-14-16(10,11)13-2/h6-7,9H,3-5H2,1-2H3,(H,10,11)/t6-,7-/m1/s1. The van der Waals surface area contributed by atoms with E-state index in [-0.39, 0.29) is 19.8 Å². The van der Waals surface area contributed by atoms with Crippen molar-refractivity contribution in [1.82, 2.24) is 0 Å². The lowest BCUT2D eigenvalue weighted by Crippen LogP contribution is -2.32. The number of rotatable bonds is 9. The molecule has 0 amide bonds. The van der Waals surface area contributed by atoms with Crippen molar-refractivity contribution in [3.63, 3.8) is 0 Å². The lowest BCUT2D eigenvalue weighted by molar-refractivity contribution is -0.0567. The summed E-state index contributed by atoms with van der Waals surface area (Å²) in [7, 11) is 3.76. The van der Waals surface area contributed by atoms with Gasteiger partial charge in [0.25, 0.3) is 0 Å². The summed E-state index contributed by atoms with van der Waals surface area (Å²) in [5.41, 5.74) is 0. The number of aliphatic hydroxyl groups excluding tert-OH is 1. The molecule has 0 aromatic rings. The van der Waals surface area contributed by atoms with Gasteiger partial charge in [0, 0.05) is 20.2 Å². The molecular formula is C7H16BO7P. The lowest BCUT2D eigenvalue weighted by atomic mass is 10.0. The molecule has 0 aliphatic heterocycles. The van der Waals surface area contributed by atoms with Gasteiger partial charge in [-0.2, -0.15) is 0 Å². The SMILES string of the molecule is [B][C@@H](CO)O[C@H](COC)COP(=O)(O)OC. The summed E-state index contributed by atoms with van der Waals surface area (Å²) in [5.74, 6) is 0. The summed E-state index contributed by atoms with van der Waals surface area (Å²) >= 11 is 0. The zero-order valence-electron chi connectivity index (χ0n) is 9.24. The molecular weight excluding hydrogens is 238 g/mol. The van der Waals surface area contributed by atoms with Crippen LogP contribution >= 0.6 is 7.82 Å². The maximum absolute atomic E-state index is 11.0. The van der Waals surface area contributed by atoms with E-state index >= 15 is 0 Å². The molecule has 0 saturated carbocycles. The van der Waals surface area contributed by atoms with Crippen molar-refractivity contribution in [2.75, 3.05) is 34.0 Å². The third kappa shape index (κ3) is 7.35. The normalized spacial score (nSPS) is 19.0. The average molecular weight is 254 g/mol. The van der Waals surface area contributed by atoms with Gasteiger partial charge in [-0.15, -0.1) is 0 Å². The van der Waals surface area contributed by atoms with Crippen LogP contribution in [0.25, 0.3) is 0 Å². The third-order valence-corrected chi connectivity index (χ3v) is 2.49. The Balaban J connectivity index is 4.07. The Labute approximate surface area is 95.7 Å². The van der Waals surface area contributed by atoms with Crippen molar-refractivity contribution in [3.05, 3.63) is 0 Å². The largest absolute Gasteiger partial charge is 0.472 e. The molecule has 1 unspecified atom stereocenters. The lowest BCUT2D eigenvalue weighted by Gasteiger charge is -2.21. The second-order valence-corrected chi connectivity index (χ2v) is 4.44. The molecule has 0 aromatic carbocycles. The fourth-order valence-electron chi connectivity index (χ4n) is 0.833. The topological polar surface area (TPSA) is 94.5 Å². The zero-order chi connectivity index (χ0) is 12.6. The summed E-state index contributed by atoms with van der Waals surface area (Å²) in [6.45, 7) is -0.498. The molecule has 94 valence electrons. The number of hydrogen-bond acceptors (Lipinski definition) is 6. The molecule has 0 bridgehead atoms. The van der Waals surface area contributed by atoms with E-state index in [1.165, 1.54) is 7.11 Å². The summed E-state index contributed by atoms with van der Waals surface area (Å²) in [6, 6.07) is -0.899. The Kier molecular flexibility index (Phi) is 8.22. The van der Waals surface area contributed by atoms with E-state index in [0.29, 0.717) is 0 Å². The van der Waals surface area contributed by atoms with Gasteiger partial charge in [0.15, 0.2) is 0 Å². The molecule has 0 saturated heterocycles. The summed E-state index contributed by atoms with van der Waals surface area (Å²) in [6.07, 6.45) is -0.664. The van der Waals surface area contributed by atoms with E-state index in [0.717, 1.165) is 7.11 Å². The first-order chi connectivity index (χ1) is 7.45. The molecule has 0 aromatic heterocycles. The van der Waals surface area contributed by atoms with Crippen molar-refractivity contribution in [2.45, 2.75) is 12.1 Å². The number of hydrogen-bond donors (Lipinski definition) is 2. The maximum atomic E-state index is 11.0.